The first-order valence-corrected chi connectivity index (χ1v) is 7.37. The van der Waals surface area contributed by atoms with E-state index in [0.717, 1.165) is 6.42 Å². The van der Waals surface area contributed by atoms with E-state index in [1.54, 1.807) is 35.7 Å². The van der Waals surface area contributed by atoms with Crippen LogP contribution in [0.1, 0.15) is 30.1 Å². The van der Waals surface area contributed by atoms with Crippen molar-refractivity contribution in [3.05, 3.63) is 46.7 Å². The van der Waals surface area contributed by atoms with E-state index in [9.17, 15) is 9.59 Å². The van der Waals surface area contributed by atoms with Gasteiger partial charge in [0.1, 0.15) is 0 Å². The first-order chi connectivity index (χ1) is 9.69. The molecule has 2 rings (SSSR count). The first kappa shape index (κ1) is 14.3. The third kappa shape index (κ3) is 3.93. The van der Waals surface area contributed by atoms with Crippen LogP contribution in [-0.2, 0) is 4.79 Å². The number of carbonyl (C=O) groups excluding carboxylic acids is 2. The largest absolute Gasteiger partial charge is 0.326 e. The Kier molecular flexibility index (Phi) is 4.90. The van der Waals surface area contributed by atoms with Gasteiger partial charge in [0.05, 0.1) is 5.56 Å². The number of hydrogen-bond donors (Lipinski definition) is 2. The molecule has 2 N–H and O–H groups in total. The number of carbonyl (C=O) groups is 2. The molecular formula is C15H16N2O2S. The average Bonchev–Trinajstić information content (AvgIpc) is 2.93. The highest BCUT2D eigenvalue weighted by molar-refractivity contribution is 7.08. The van der Waals surface area contributed by atoms with Crippen molar-refractivity contribution in [2.75, 3.05) is 10.6 Å². The fraction of sp³-hybridized carbons (Fsp3) is 0.200. The minimum absolute atomic E-state index is 0.0196. The van der Waals surface area contributed by atoms with Gasteiger partial charge in [0.2, 0.25) is 5.91 Å². The minimum Gasteiger partial charge on any atom is -0.326 e. The molecule has 104 valence electrons. The quantitative estimate of drug-likeness (QED) is 0.880. The summed E-state index contributed by atoms with van der Waals surface area (Å²) in [4.78, 5) is 23.5. The van der Waals surface area contributed by atoms with Crippen LogP contribution in [0.2, 0.25) is 0 Å². The zero-order valence-corrected chi connectivity index (χ0v) is 12.0. The number of anilines is 2. The van der Waals surface area contributed by atoms with Crippen LogP contribution < -0.4 is 10.6 Å². The molecule has 2 aromatic rings. The van der Waals surface area contributed by atoms with Gasteiger partial charge in [-0.2, -0.15) is 11.3 Å². The molecule has 1 aromatic carbocycles. The molecule has 4 nitrogen and oxygen atoms in total. The molecular weight excluding hydrogens is 272 g/mol. The van der Waals surface area contributed by atoms with Crippen LogP contribution in [0.15, 0.2) is 41.1 Å². The van der Waals surface area contributed by atoms with E-state index in [0.29, 0.717) is 23.4 Å². The van der Waals surface area contributed by atoms with Gasteiger partial charge < -0.3 is 10.6 Å². The fourth-order valence-electron chi connectivity index (χ4n) is 1.72. The van der Waals surface area contributed by atoms with Gasteiger partial charge in [-0.05, 0) is 36.1 Å². The molecule has 0 saturated carbocycles. The Balaban J connectivity index is 2.02. The monoisotopic (exact) mass is 288 g/mol. The third-order valence-electron chi connectivity index (χ3n) is 2.66. The van der Waals surface area contributed by atoms with Crippen molar-refractivity contribution in [1.29, 1.82) is 0 Å². The maximum Gasteiger partial charge on any atom is 0.256 e. The molecule has 0 saturated heterocycles. The molecule has 5 heteroatoms. The van der Waals surface area contributed by atoms with Crippen LogP contribution >= 0.6 is 11.3 Å². The molecule has 1 heterocycles. The lowest BCUT2D eigenvalue weighted by atomic mass is 10.2. The van der Waals surface area contributed by atoms with Crippen LogP contribution in [0.5, 0.6) is 0 Å². The molecule has 0 fully saturated rings. The van der Waals surface area contributed by atoms with Gasteiger partial charge in [0, 0.05) is 23.2 Å². The van der Waals surface area contributed by atoms with E-state index in [1.165, 1.54) is 11.3 Å². The fourth-order valence-corrected chi connectivity index (χ4v) is 2.36. The Morgan fingerprint density at radius 3 is 2.55 bits per heavy atom. The van der Waals surface area contributed by atoms with Crippen molar-refractivity contribution in [2.24, 2.45) is 0 Å². The Morgan fingerprint density at radius 1 is 1.15 bits per heavy atom. The molecule has 0 radical (unpaired) electrons. The lowest BCUT2D eigenvalue weighted by Crippen LogP contribution is -2.13. The number of thiophene rings is 1. The van der Waals surface area contributed by atoms with Gasteiger partial charge in [-0.25, -0.2) is 0 Å². The van der Waals surface area contributed by atoms with Crippen molar-refractivity contribution < 1.29 is 9.59 Å². The van der Waals surface area contributed by atoms with E-state index in [1.807, 2.05) is 12.3 Å². The molecule has 1 aromatic heterocycles. The topological polar surface area (TPSA) is 58.2 Å². The lowest BCUT2D eigenvalue weighted by molar-refractivity contribution is -0.116. The summed E-state index contributed by atoms with van der Waals surface area (Å²) >= 11 is 1.48. The summed E-state index contributed by atoms with van der Waals surface area (Å²) in [5.41, 5.74) is 1.98. The maximum absolute atomic E-state index is 11.9. The average molecular weight is 288 g/mol. The first-order valence-electron chi connectivity index (χ1n) is 6.42. The molecule has 0 aliphatic heterocycles. The van der Waals surface area contributed by atoms with Gasteiger partial charge in [-0.3, -0.25) is 9.59 Å². The molecule has 2 amide bonds. The van der Waals surface area contributed by atoms with Crippen molar-refractivity contribution in [3.63, 3.8) is 0 Å². The second-order valence-corrected chi connectivity index (χ2v) is 5.13. The van der Waals surface area contributed by atoms with Gasteiger partial charge in [-0.15, -0.1) is 0 Å². The Bertz CT molecular complexity index is 594. The highest BCUT2D eigenvalue weighted by Crippen LogP contribution is 2.17. The van der Waals surface area contributed by atoms with Crippen LogP contribution in [0.3, 0.4) is 0 Å². The van der Waals surface area contributed by atoms with Gasteiger partial charge in [0.15, 0.2) is 0 Å². The lowest BCUT2D eigenvalue weighted by Gasteiger charge is -2.08. The predicted octanol–water partition coefficient (Wildman–Crippen LogP) is 3.74. The van der Waals surface area contributed by atoms with Crippen molar-refractivity contribution in [2.45, 2.75) is 19.8 Å². The van der Waals surface area contributed by atoms with E-state index >= 15 is 0 Å². The summed E-state index contributed by atoms with van der Waals surface area (Å²) in [7, 11) is 0. The normalized spacial score (nSPS) is 10.1. The third-order valence-corrected chi connectivity index (χ3v) is 3.35. The van der Waals surface area contributed by atoms with Crippen LogP contribution in [-0.4, -0.2) is 11.8 Å². The summed E-state index contributed by atoms with van der Waals surface area (Å²) in [6.07, 6.45) is 1.30. The zero-order chi connectivity index (χ0) is 14.4. The summed E-state index contributed by atoms with van der Waals surface area (Å²) in [6, 6.07) is 8.91. The standard InChI is InChI=1S/C15H16N2O2S/c1-2-4-14(18)16-12-5-3-6-13(9-12)17-15(19)11-7-8-20-10-11/h3,5-10H,2,4H2,1H3,(H,16,18)(H,17,19). The number of hydrogen-bond acceptors (Lipinski definition) is 3. The van der Waals surface area contributed by atoms with Gasteiger partial charge >= 0.3 is 0 Å². The van der Waals surface area contributed by atoms with Gasteiger partial charge in [-0.1, -0.05) is 13.0 Å². The summed E-state index contributed by atoms with van der Waals surface area (Å²) in [6.45, 7) is 1.96. The van der Waals surface area contributed by atoms with Crippen LogP contribution in [0, 0.1) is 0 Å². The summed E-state index contributed by atoms with van der Waals surface area (Å²) in [5.74, 6) is -0.169. The second kappa shape index (κ2) is 6.86. The number of amides is 2. The van der Waals surface area contributed by atoms with Crippen molar-refractivity contribution in [3.8, 4) is 0 Å². The Labute approximate surface area is 121 Å². The van der Waals surface area contributed by atoms with Crippen LogP contribution in [0.25, 0.3) is 0 Å². The molecule has 20 heavy (non-hydrogen) atoms. The van der Waals surface area contributed by atoms with E-state index in [-0.39, 0.29) is 11.8 Å². The maximum atomic E-state index is 11.9. The summed E-state index contributed by atoms with van der Waals surface area (Å²) < 4.78 is 0. The molecule has 0 bridgehead atoms. The van der Waals surface area contributed by atoms with E-state index < -0.39 is 0 Å². The van der Waals surface area contributed by atoms with Crippen molar-refractivity contribution >= 4 is 34.5 Å². The van der Waals surface area contributed by atoms with E-state index in [4.69, 9.17) is 0 Å². The number of rotatable bonds is 5. The van der Waals surface area contributed by atoms with E-state index in [2.05, 4.69) is 10.6 Å². The second-order valence-electron chi connectivity index (χ2n) is 4.35. The molecule has 0 aliphatic rings. The highest BCUT2D eigenvalue weighted by atomic mass is 32.1. The molecule has 0 spiro atoms. The minimum atomic E-state index is -0.150. The van der Waals surface area contributed by atoms with Crippen LogP contribution in [0.4, 0.5) is 11.4 Å². The SMILES string of the molecule is CCCC(=O)Nc1cccc(NC(=O)c2ccsc2)c1. The smallest absolute Gasteiger partial charge is 0.256 e. The summed E-state index contributed by atoms with van der Waals surface area (Å²) in [5, 5.41) is 9.26. The Morgan fingerprint density at radius 2 is 1.90 bits per heavy atom. The number of nitrogens with one attached hydrogen (secondary N) is 2. The number of benzene rings is 1. The van der Waals surface area contributed by atoms with Crippen molar-refractivity contribution in [1.82, 2.24) is 0 Å². The zero-order valence-electron chi connectivity index (χ0n) is 11.2. The molecule has 0 unspecified atom stereocenters. The molecule has 0 atom stereocenters. The molecule has 0 aliphatic carbocycles. The predicted molar refractivity (Wildman–Crippen MR) is 82.3 cm³/mol. The van der Waals surface area contributed by atoms with Gasteiger partial charge in [0.25, 0.3) is 5.91 Å². The Hall–Kier alpha value is -2.14. The highest BCUT2D eigenvalue weighted by Gasteiger charge is 2.07.